The van der Waals surface area contributed by atoms with Gasteiger partial charge >= 0.3 is 5.63 Å². The molecule has 4 nitrogen and oxygen atoms in total. The third-order valence-electron chi connectivity index (χ3n) is 3.83. The van der Waals surface area contributed by atoms with E-state index in [0.717, 1.165) is 28.0 Å². The van der Waals surface area contributed by atoms with Gasteiger partial charge in [-0.2, -0.15) is 0 Å². The summed E-state index contributed by atoms with van der Waals surface area (Å²) in [5, 5.41) is 0.876. The summed E-state index contributed by atoms with van der Waals surface area (Å²) in [5.74, 6) is 1.51. The third-order valence-corrected chi connectivity index (χ3v) is 3.83. The van der Waals surface area contributed by atoms with Gasteiger partial charge in [0.15, 0.2) is 0 Å². The zero-order valence-electron chi connectivity index (χ0n) is 13.4. The van der Waals surface area contributed by atoms with Crippen LogP contribution in [0.1, 0.15) is 12.5 Å². The van der Waals surface area contributed by atoms with Gasteiger partial charge in [-0.25, -0.2) is 4.79 Å². The molecule has 3 rings (SSSR count). The van der Waals surface area contributed by atoms with E-state index in [9.17, 15) is 4.79 Å². The van der Waals surface area contributed by atoms with Crippen molar-refractivity contribution in [1.82, 2.24) is 0 Å². The molecule has 0 saturated carbocycles. The zero-order chi connectivity index (χ0) is 16.4. The molecule has 0 bridgehead atoms. The molecule has 23 heavy (non-hydrogen) atoms. The van der Waals surface area contributed by atoms with E-state index in [4.69, 9.17) is 13.9 Å². The maximum atomic E-state index is 12.4. The lowest BCUT2D eigenvalue weighted by molar-refractivity contribution is 0.340. The first-order chi connectivity index (χ1) is 11.1. The summed E-state index contributed by atoms with van der Waals surface area (Å²) in [5.41, 5.74) is 2.47. The maximum Gasteiger partial charge on any atom is 0.344 e. The van der Waals surface area contributed by atoms with Gasteiger partial charge < -0.3 is 13.9 Å². The van der Waals surface area contributed by atoms with Crippen LogP contribution in [0.4, 0.5) is 0 Å². The van der Waals surface area contributed by atoms with Crippen LogP contribution in [-0.4, -0.2) is 13.7 Å². The topological polar surface area (TPSA) is 48.7 Å². The van der Waals surface area contributed by atoms with Gasteiger partial charge in [0.25, 0.3) is 0 Å². The zero-order valence-corrected chi connectivity index (χ0v) is 13.4. The van der Waals surface area contributed by atoms with Crippen molar-refractivity contribution >= 4 is 11.0 Å². The predicted molar refractivity (Wildman–Crippen MR) is 90.4 cm³/mol. The molecule has 3 aromatic rings. The lowest BCUT2D eigenvalue weighted by Crippen LogP contribution is -2.06. The van der Waals surface area contributed by atoms with Crippen LogP contribution >= 0.6 is 0 Å². The molecule has 0 radical (unpaired) electrons. The van der Waals surface area contributed by atoms with Gasteiger partial charge in [-0.05, 0) is 55.3 Å². The Morgan fingerprint density at radius 3 is 2.39 bits per heavy atom. The molecule has 0 atom stereocenters. The van der Waals surface area contributed by atoms with E-state index in [1.165, 1.54) is 0 Å². The predicted octanol–water partition coefficient (Wildman–Crippen LogP) is 4.18. The highest BCUT2D eigenvalue weighted by Crippen LogP contribution is 2.30. The molecular formula is C19H18O4. The Morgan fingerprint density at radius 1 is 1.04 bits per heavy atom. The van der Waals surface area contributed by atoms with Crippen molar-refractivity contribution in [3.05, 3.63) is 58.4 Å². The molecule has 1 aromatic heterocycles. The van der Waals surface area contributed by atoms with Gasteiger partial charge in [0, 0.05) is 5.39 Å². The Kier molecular flexibility index (Phi) is 4.06. The van der Waals surface area contributed by atoms with Crippen LogP contribution in [0.5, 0.6) is 11.5 Å². The van der Waals surface area contributed by atoms with Gasteiger partial charge in [0.2, 0.25) is 0 Å². The van der Waals surface area contributed by atoms with Crippen molar-refractivity contribution in [3.63, 3.8) is 0 Å². The number of fused-ring (bicyclic) bond motifs is 1. The summed E-state index contributed by atoms with van der Waals surface area (Å²) >= 11 is 0. The maximum absolute atomic E-state index is 12.4. The van der Waals surface area contributed by atoms with Crippen molar-refractivity contribution in [1.29, 1.82) is 0 Å². The summed E-state index contributed by atoms with van der Waals surface area (Å²) in [6.07, 6.45) is 0. The fourth-order valence-electron chi connectivity index (χ4n) is 2.68. The lowest BCUT2D eigenvalue weighted by atomic mass is 9.99. The van der Waals surface area contributed by atoms with Crippen molar-refractivity contribution in [3.8, 4) is 22.6 Å². The number of rotatable bonds is 4. The van der Waals surface area contributed by atoms with E-state index in [1.54, 1.807) is 19.2 Å². The fraction of sp³-hybridized carbons (Fsp3) is 0.211. The number of hydrogen-bond donors (Lipinski definition) is 0. The molecule has 0 aliphatic heterocycles. The minimum Gasteiger partial charge on any atom is -0.497 e. The highest BCUT2D eigenvalue weighted by molar-refractivity contribution is 5.87. The minimum atomic E-state index is -0.343. The highest BCUT2D eigenvalue weighted by atomic mass is 16.5. The standard InChI is InChI=1S/C19H18O4/c1-4-22-15-9-10-17-16(11-15)12(2)18(19(20)23-17)13-5-7-14(21-3)8-6-13/h5-11H,4H2,1-3H3. The summed E-state index contributed by atoms with van der Waals surface area (Å²) < 4.78 is 16.2. The van der Waals surface area contributed by atoms with E-state index >= 15 is 0 Å². The van der Waals surface area contributed by atoms with Crippen LogP contribution in [-0.2, 0) is 0 Å². The average molecular weight is 310 g/mol. The number of ether oxygens (including phenoxy) is 2. The first-order valence-electron chi connectivity index (χ1n) is 7.48. The van der Waals surface area contributed by atoms with Crippen LogP contribution in [0.15, 0.2) is 51.7 Å². The first kappa shape index (κ1) is 15.2. The smallest absolute Gasteiger partial charge is 0.344 e. The summed E-state index contributed by atoms with van der Waals surface area (Å²) in [7, 11) is 1.61. The Labute approximate surface area is 134 Å². The molecule has 4 heteroatoms. The molecule has 0 unspecified atom stereocenters. The van der Waals surface area contributed by atoms with Gasteiger partial charge in [-0.3, -0.25) is 0 Å². The molecule has 0 fully saturated rings. The highest BCUT2D eigenvalue weighted by Gasteiger charge is 2.14. The van der Waals surface area contributed by atoms with Crippen LogP contribution in [0.25, 0.3) is 22.1 Å². The summed E-state index contributed by atoms with van der Waals surface area (Å²) in [4.78, 5) is 12.4. The van der Waals surface area contributed by atoms with Gasteiger partial charge in [-0.1, -0.05) is 12.1 Å². The monoisotopic (exact) mass is 310 g/mol. The van der Waals surface area contributed by atoms with Crippen LogP contribution in [0, 0.1) is 6.92 Å². The minimum absolute atomic E-state index is 0.343. The SMILES string of the molecule is CCOc1ccc2oc(=O)c(-c3ccc(OC)cc3)c(C)c2c1. The van der Waals surface area contributed by atoms with Crippen molar-refractivity contribution in [2.45, 2.75) is 13.8 Å². The normalized spacial score (nSPS) is 10.7. The van der Waals surface area contributed by atoms with Crippen LogP contribution in [0.2, 0.25) is 0 Å². The average Bonchev–Trinajstić information content (AvgIpc) is 2.56. The number of benzene rings is 2. The van der Waals surface area contributed by atoms with Gasteiger partial charge in [0.1, 0.15) is 17.1 Å². The van der Waals surface area contributed by atoms with Gasteiger partial charge in [0.05, 0.1) is 19.3 Å². The molecular weight excluding hydrogens is 292 g/mol. The molecule has 0 spiro atoms. The van der Waals surface area contributed by atoms with Crippen LogP contribution in [0.3, 0.4) is 0 Å². The molecule has 0 amide bonds. The summed E-state index contributed by atoms with van der Waals surface area (Å²) in [6.45, 7) is 4.45. The Bertz CT molecular complexity index is 892. The molecule has 0 aliphatic carbocycles. The van der Waals surface area contributed by atoms with E-state index in [1.807, 2.05) is 44.2 Å². The van der Waals surface area contributed by atoms with E-state index in [0.29, 0.717) is 17.8 Å². The van der Waals surface area contributed by atoms with Crippen molar-refractivity contribution < 1.29 is 13.9 Å². The largest absolute Gasteiger partial charge is 0.497 e. The quantitative estimate of drug-likeness (QED) is 0.678. The Balaban J connectivity index is 2.21. The first-order valence-corrected chi connectivity index (χ1v) is 7.48. The number of hydrogen-bond acceptors (Lipinski definition) is 4. The molecule has 0 N–H and O–H groups in total. The van der Waals surface area contributed by atoms with E-state index < -0.39 is 0 Å². The molecule has 1 heterocycles. The van der Waals surface area contributed by atoms with Crippen molar-refractivity contribution in [2.24, 2.45) is 0 Å². The molecule has 0 saturated heterocycles. The Morgan fingerprint density at radius 2 is 1.74 bits per heavy atom. The molecule has 2 aromatic carbocycles. The fourth-order valence-corrected chi connectivity index (χ4v) is 2.68. The van der Waals surface area contributed by atoms with E-state index in [2.05, 4.69) is 0 Å². The third kappa shape index (κ3) is 2.80. The van der Waals surface area contributed by atoms with E-state index in [-0.39, 0.29) is 5.63 Å². The van der Waals surface area contributed by atoms with Crippen molar-refractivity contribution in [2.75, 3.05) is 13.7 Å². The second-order valence-corrected chi connectivity index (χ2v) is 5.21. The molecule has 118 valence electrons. The molecule has 0 aliphatic rings. The second-order valence-electron chi connectivity index (χ2n) is 5.21. The van der Waals surface area contributed by atoms with Crippen LogP contribution < -0.4 is 15.1 Å². The lowest BCUT2D eigenvalue weighted by Gasteiger charge is -2.10. The van der Waals surface area contributed by atoms with Gasteiger partial charge in [-0.15, -0.1) is 0 Å². The Hall–Kier alpha value is -2.75. The number of methoxy groups -OCH3 is 1. The number of aryl methyl sites for hydroxylation is 1. The second kappa shape index (κ2) is 6.16. The summed E-state index contributed by atoms with van der Waals surface area (Å²) in [6, 6.07) is 12.9.